The van der Waals surface area contributed by atoms with Crippen LogP contribution in [0.25, 0.3) is 0 Å². The molecule has 0 spiro atoms. The van der Waals surface area contributed by atoms with Gasteiger partial charge in [0.2, 0.25) is 5.60 Å². The Morgan fingerprint density at radius 3 is 2.43 bits per heavy atom. The van der Waals surface area contributed by atoms with Gasteiger partial charge in [-0.3, -0.25) is 4.79 Å². The standard InChI is InChI=1S/C23H15F2NO2/c24-18-10-11-21-19(14-18)23(28,13-12-17-8-4-5-9-20(17)25)22(27)26(21)15-16-6-2-1-3-7-16/h1-11,14,28H,15H2/t23-/m0/s1. The Hall–Kier alpha value is -3.49. The highest BCUT2D eigenvalue weighted by Crippen LogP contribution is 2.41. The van der Waals surface area contributed by atoms with Crippen LogP contribution in [0.2, 0.25) is 0 Å². The maximum atomic E-state index is 13.9. The van der Waals surface area contributed by atoms with E-state index in [1.807, 2.05) is 30.3 Å². The van der Waals surface area contributed by atoms with Crippen LogP contribution < -0.4 is 4.90 Å². The van der Waals surface area contributed by atoms with Gasteiger partial charge in [0.25, 0.3) is 5.91 Å². The Morgan fingerprint density at radius 2 is 1.68 bits per heavy atom. The fourth-order valence-corrected chi connectivity index (χ4v) is 3.22. The molecule has 1 amide bonds. The number of halogens is 2. The molecule has 0 unspecified atom stereocenters. The van der Waals surface area contributed by atoms with E-state index in [1.165, 1.54) is 35.2 Å². The van der Waals surface area contributed by atoms with Gasteiger partial charge < -0.3 is 10.0 Å². The van der Waals surface area contributed by atoms with E-state index < -0.39 is 23.1 Å². The van der Waals surface area contributed by atoms with Crippen LogP contribution >= 0.6 is 0 Å². The minimum absolute atomic E-state index is 0.0446. The van der Waals surface area contributed by atoms with Gasteiger partial charge in [0.05, 0.1) is 17.8 Å². The van der Waals surface area contributed by atoms with Crippen molar-refractivity contribution in [2.24, 2.45) is 0 Å². The number of nitrogens with zero attached hydrogens (tertiary/aromatic N) is 1. The van der Waals surface area contributed by atoms with Crippen LogP contribution in [0.1, 0.15) is 16.7 Å². The third-order valence-electron chi connectivity index (χ3n) is 4.63. The minimum atomic E-state index is -2.26. The summed E-state index contributed by atoms with van der Waals surface area (Å²) < 4.78 is 27.7. The quantitative estimate of drug-likeness (QED) is 0.693. The highest BCUT2D eigenvalue weighted by Gasteiger charge is 2.49. The number of anilines is 1. The Morgan fingerprint density at radius 1 is 0.964 bits per heavy atom. The average Bonchev–Trinajstić information content (AvgIpc) is 2.90. The maximum absolute atomic E-state index is 13.9. The van der Waals surface area contributed by atoms with Crippen LogP contribution in [0.4, 0.5) is 14.5 Å². The number of fused-ring (bicyclic) bond motifs is 1. The first-order valence-corrected chi connectivity index (χ1v) is 8.65. The summed E-state index contributed by atoms with van der Waals surface area (Å²) in [5, 5.41) is 11.1. The molecular formula is C23H15F2NO2. The number of hydrogen-bond acceptors (Lipinski definition) is 2. The van der Waals surface area contributed by atoms with Gasteiger partial charge in [0.15, 0.2) is 0 Å². The molecule has 1 N–H and O–H groups in total. The SMILES string of the molecule is O=C1N(Cc2ccccc2)c2ccc(F)cc2[C@@]1(O)C#Cc1ccccc1F. The summed E-state index contributed by atoms with van der Waals surface area (Å²) in [5.74, 6) is 3.14. The third-order valence-corrected chi connectivity index (χ3v) is 4.63. The zero-order valence-electron chi connectivity index (χ0n) is 14.7. The van der Waals surface area contributed by atoms with Crippen LogP contribution in [0.5, 0.6) is 0 Å². The molecule has 0 fully saturated rings. The number of hydrogen-bond donors (Lipinski definition) is 1. The predicted molar refractivity (Wildman–Crippen MR) is 101 cm³/mol. The summed E-state index contributed by atoms with van der Waals surface area (Å²) in [5.41, 5.74) is -0.937. The molecule has 0 aliphatic carbocycles. The Balaban J connectivity index is 1.79. The van der Waals surface area contributed by atoms with Crippen molar-refractivity contribution in [1.82, 2.24) is 0 Å². The monoisotopic (exact) mass is 375 g/mol. The van der Waals surface area contributed by atoms with E-state index in [4.69, 9.17) is 0 Å². The third kappa shape index (κ3) is 3.04. The predicted octanol–water partition coefficient (Wildman–Crippen LogP) is 3.75. The molecule has 0 saturated heterocycles. The summed E-state index contributed by atoms with van der Waals surface area (Å²) in [6, 6.07) is 18.8. The van der Waals surface area contributed by atoms with Crippen LogP contribution in [0, 0.1) is 23.5 Å². The molecule has 28 heavy (non-hydrogen) atoms. The zero-order chi connectivity index (χ0) is 19.7. The van der Waals surface area contributed by atoms with E-state index in [9.17, 15) is 18.7 Å². The zero-order valence-corrected chi connectivity index (χ0v) is 14.7. The Kier molecular flexibility index (Phi) is 4.42. The van der Waals surface area contributed by atoms with Gasteiger partial charge in [0, 0.05) is 5.56 Å². The van der Waals surface area contributed by atoms with Crippen molar-refractivity contribution in [3.05, 3.63) is 101 Å². The van der Waals surface area contributed by atoms with E-state index in [2.05, 4.69) is 11.8 Å². The maximum Gasteiger partial charge on any atom is 0.276 e. The first-order valence-electron chi connectivity index (χ1n) is 8.65. The lowest BCUT2D eigenvalue weighted by Crippen LogP contribution is -2.39. The van der Waals surface area contributed by atoms with Gasteiger partial charge in [-0.25, -0.2) is 8.78 Å². The first kappa shape index (κ1) is 17.9. The molecule has 3 aromatic rings. The van der Waals surface area contributed by atoms with E-state index in [1.54, 1.807) is 6.07 Å². The lowest BCUT2D eigenvalue weighted by atomic mass is 9.95. The van der Waals surface area contributed by atoms with Crippen molar-refractivity contribution in [1.29, 1.82) is 0 Å². The second-order valence-corrected chi connectivity index (χ2v) is 6.48. The van der Waals surface area contributed by atoms with Gasteiger partial charge in [-0.15, -0.1) is 0 Å². The van der Waals surface area contributed by atoms with Crippen molar-refractivity contribution in [2.75, 3.05) is 4.90 Å². The number of benzene rings is 3. The highest BCUT2D eigenvalue weighted by atomic mass is 19.1. The molecule has 1 heterocycles. The van der Waals surface area contributed by atoms with Gasteiger partial charge in [-0.2, -0.15) is 0 Å². The van der Waals surface area contributed by atoms with Crippen molar-refractivity contribution < 1.29 is 18.7 Å². The first-order chi connectivity index (χ1) is 13.5. The molecule has 138 valence electrons. The Labute approximate surface area is 160 Å². The fraction of sp³-hybridized carbons (Fsp3) is 0.0870. The highest BCUT2D eigenvalue weighted by molar-refractivity contribution is 6.09. The molecular weight excluding hydrogens is 360 g/mol. The molecule has 4 rings (SSSR count). The van der Waals surface area contributed by atoms with Crippen molar-refractivity contribution in [3.63, 3.8) is 0 Å². The van der Waals surface area contributed by atoms with E-state index >= 15 is 0 Å². The largest absolute Gasteiger partial charge is 0.366 e. The van der Waals surface area contributed by atoms with Gasteiger partial charge in [-0.05, 0) is 41.8 Å². The lowest BCUT2D eigenvalue weighted by Gasteiger charge is -2.19. The van der Waals surface area contributed by atoms with E-state index in [0.29, 0.717) is 5.69 Å². The number of amides is 1. The molecule has 3 nitrogen and oxygen atoms in total. The minimum Gasteiger partial charge on any atom is -0.366 e. The second-order valence-electron chi connectivity index (χ2n) is 6.48. The molecule has 5 heteroatoms. The second kappa shape index (κ2) is 6.91. The average molecular weight is 375 g/mol. The summed E-state index contributed by atoms with van der Waals surface area (Å²) in [6.07, 6.45) is 0. The normalized spacial score (nSPS) is 17.8. The molecule has 1 aliphatic heterocycles. The Bertz CT molecular complexity index is 1120. The number of carbonyl (C=O) groups is 1. The van der Waals surface area contributed by atoms with Crippen LogP contribution in [0.3, 0.4) is 0 Å². The fourth-order valence-electron chi connectivity index (χ4n) is 3.22. The molecule has 1 aliphatic rings. The lowest BCUT2D eigenvalue weighted by molar-refractivity contribution is -0.130. The van der Waals surface area contributed by atoms with Crippen molar-refractivity contribution in [2.45, 2.75) is 12.1 Å². The van der Waals surface area contributed by atoms with Crippen LogP contribution in [0.15, 0.2) is 72.8 Å². The van der Waals surface area contributed by atoms with Crippen LogP contribution in [-0.4, -0.2) is 11.0 Å². The van der Waals surface area contributed by atoms with Crippen molar-refractivity contribution in [3.8, 4) is 11.8 Å². The summed E-state index contributed by atoms with van der Waals surface area (Å²) in [4.78, 5) is 14.4. The summed E-state index contributed by atoms with van der Waals surface area (Å²) >= 11 is 0. The smallest absolute Gasteiger partial charge is 0.276 e. The molecule has 0 radical (unpaired) electrons. The van der Waals surface area contributed by atoms with Gasteiger partial charge in [-0.1, -0.05) is 48.4 Å². The van der Waals surface area contributed by atoms with Gasteiger partial charge in [0.1, 0.15) is 11.6 Å². The molecule has 3 aromatic carbocycles. The number of aliphatic hydroxyl groups is 1. The van der Waals surface area contributed by atoms with Gasteiger partial charge >= 0.3 is 0 Å². The number of carbonyl (C=O) groups excluding carboxylic acids is 1. The van der Waals surface area contributed by atoms with Crippen molar-refractivity contribution >= 4 is 11.6 Å². The summed E-state index contributed by atoms with van der Waals surface area (Å²) in [7, 11) is 0. The molecule has 0 saturated carbocycles. The molecule has 0 bridgehead atoms. The van der Waals surface area contributed by atoms with E-state index in [0.717, 1.165) is 11.6 Å². The number of rotatable bonds is 2. The van der Waals surface area contributed by atoms with E-state index in [-0.39, 0.29) is 17.7 Å². The molecule has 0 aromatic heterocycles. The summed E-state index contributed by atoms with van der Waals surface area (Å²) in [6.45, 7) is 0.196. The molecule has 1 atom stereocenters. The van der Waals surface area contributed by atoms with Crippen LogP contribution in [-0.2, 0) is 16.9 Å². The topological polar surface area (TPSA) is 40.5 Å².